The molecular weight excluding hydrogens is 340 g/mol. The molecule has 27 heavy (non-hydrogen) atoms. The van der Waals surface area contributed by atoms with Crippen molar-refractivity contribution in [3.63, 3.8) is 0 Å². The molecule has 134 valence electrons. The van der Waals surface area contributed by atoms with Gasteiger partial charge in [-0.05, 0) is 17.7 Å². The number of amides is 2. The van der Waals surface area contributed by atoms with E-state index in [2.05, 4.69) is 5.32 Å². The smallest absolute Gasteiger partial charge is 0.252 e. The van der Waals surface area contributed by atoms with Crippen LogP contribution in [0.1, 0.15) is 37.9 Å². The number of ketones is 1. The van der Waals surface area contributed by atoms with E-state index in [1.807, 2.05) is 12.1 Å². The van der Waals surface area contributed by atoms with Crippen LogP contribution >= 0.6 is 0 Å². The maximum Gasteiger partial charge on any atom is 0.252 e. The molecule has 0 saturated carbocycles. The minimum Gasteiger partial charge on any atom is -0.368 e. The maximum atomic E-state index is 12.5. The molecule has 2 amide bonds. The first-order chi connectivity index (χ1) is 13.1. The van der Waals surface area contributed by atoms with Gasteiger partial charge in [-0.1, -0.05) is 72.8 Å². The summed E-state index contributed by atoms with van der Waals surface area (Å²) in [6, 6.07) is 23.0. The molecule has 5 nitrogen and oxygen atoms in total. The van der Waals surface area contributed by atoms with Crippen LogP contribution in [-0.4, -0.2) is 17.6 Å². The lowest BCUT2D eigenvalue weighted by Gasteiger charge is -2.16. The van der Waals surface area contributed by atoms with Gasteiger partial charge < -0.3 is 11.1 Å². The molecule has 3 rings (SSSR count). The summed E-state index contributed by atoms with van der Waals surface area (Å²) >= 11 is 0. The lowest BCUT2D eigenvalue weighted by atomic mass is 10.0. The second kappa shape index (κ2) is 8.10. The number of hydrogen-bond donors (Lipinski definition) is 2. The number of nitrogens with one attached hydrogen (secondary N) is 1. The number of carbonyl (C=O) groups is 3. The fraction of sp³-hybridized carbons (Fsp3) is 0.0455. The predicted molar refractivity (Wildman–Crippen MR) is 102 cm³/mol. The summed E-state index contributed by atoms with van der Waals surface area (Å²) in [5, 5.41) is 2.63. The molecule has 1 atom stereocenters. The van der Waals surface area contributed by atoms with E-state index in [0.717, 1.165) is 0 Å². The van der Waals surface area contributed by atoms with Crippen molar-refractivity contribution >= 4 is 17.6 Å². The Kier molecular flexibility index (Phi) is 5.42. The molecule has 0 aliphatic carbocycles. The minimum absolute atomic E-state index is 0.123. The van der Waals surface area contributed by atoms with Gasteiger partial charge in [0.25, 0.3) is 5.91 Å². The quantitative estimate of drug-likeness (QED) is 0.664. The summed E-state index contributed by atoms with van der Waals surface area (Å²) in [6.45, 7) is 0. The number of hydrogen-bond acceptors (Lipinski definition) is 3. The lowest BCUT2D eigenvalue weighted by molar-refractivity contribution is -0.120. The zero-order chi connectivity index (χ0) is 19.2. The molecule has 0 saturated heterocycles. The Bertz CT molecular complexity index is 952. The number of benzene rings is 3. The van der Waals surface area contributed by atoms with Crippen molar-refractivity contribution in [1.29, 1.82) is 0 Å². The Morgan fingerprint density at radius 1 is 0.667 bits per heavy atom. The third kappa shape index (κ3) is 4.27. The fourth-order valence-electron chi connectivity index (χ4n) is 2.71. The van der Waals surface area contributed by atoms with E-state index in [1.54, 1.807) is 72.8 Å². The Morgan fingerprint density at radius 3 is 1.70 bits per heavy atom. The summed E-state index contributed by atoms with van der Waals surface area (Å²) in [7, 11) is 0. The first kappa shape index (κ1) is 18.1. The van der Waals surface area contributed by atoms with Gasteiger partial charge in [0.15, 0.2) is 5.78 Å². The Labute approximate surface area is 156 Å². The molecule has 3 N–H and O–H groups in total. The van der Waals surface area contributed by atoms with Crippen LogP contribution in [0.15, 0.2) is 84.9 Å². The maximum absolute atomic E-state index is 12.5. The summed E-state index contributed by atoms with van der Waals surface area (Å²) in [5.41, 5.74) is 7.42. The van der Waals surface area contributed by atoms with Crippen LogP contribution in [0.4, 0.5) is 0 Å². The third-order valence-corrected chi connectivity index (χ3v) is 4.14. The molecule has 0 aliphatic rings. The summed E-state index contributed by atoms with van der Waals surface area (Å²) < 4.78 is 0. The van der Waals surface area contributed by atoms with E-state index in [0.29, 0.717) is 22.3 Å². The average molecular weight is 358 g/mol. The highest BCUT2D eigenvalue weighted by atomic mass is 16.2. The molecule has 0 fully saturated rings. The monoisotopic (exact) mass is 358 g/mol. The van der Waals surface area contributed by atoms with Gasteiger partial charge in [0, 0.05) is 16.7 Å². The van der Waals surface area contributed by atoms with Gasteiger partial charge in [-0.3, -0.25) is 14.4 Å². The number of nitrogens with two attached hydrogens (primary N) is 1. The van der Waals surface area contributed by atoms with E-state index >= 15 is 0 Å². The van der Waals surface area contributed by atoms with E-state index in [-0.39, 0.29) is 5.78 Å². The van der Waals surface area contributed by atoms with Crippen LogP contribution in [0.25, 0.3) is 0 Å². The molecule has 0 bridgehead atoms. The predicted octanol–water partition coefficient (Wildman–Crippen LogP) is 2.87. The third-order valence-electron chi connectivity index (χ3n) is 4.14. The highest BCUT2D eigenvalue weighted by Crippen LogP contribution is 2.15. The van der Waals surface area contributed by atoms with Gasteiger partial charge >= 0.3 is 0 Å². The molecule has 5 heteroatoms. The molecule has 0 heterocycles. The SMILES string of the molecule is NC(=O)[C@H](NC(=O)c1ccc(C(=O)c2ccccc2)cc1)c1ccccc1. The van der Waals surface area contributed by atoms with Crippen LogP contribution in [-0.2, 0) is 4.79 Å². The van der Waals surface area contributed by atoms with E-state index < -0.39 is 17.9 Å². The zero-order valence-corrected chi connectivity index (χ0v) is 14.5. The normalized spacial score (nSPS) is 11.4. The van der Waals surface area contributed by atoms with Gasteiger partial charge in [-0.2, -0.15) is 0 Å². The van der Waals surface area contributed by atoms with Crippen LogP contribution < -0.4 is 11.1 Å². The van der Waals surface area contributed by atoms with Gasteiger partial charge in [0.2, 0.25) is 5.91 Å². The Morgan fingerprint density at radius 2 is 1.15 bits per heavy atom. The second-order valence-electron chi connectivity index (χ2n) is 5.99. The van der Waals surface area contributed by atoms with Crippen LogP contribution in [0.3, 0.4) is 0 Å². The molecule has 0 aliphatic heterocycles. The zero-order valence-electron chi connectivity index (χ0n) is 14.5. The van der Waals surface area contributed by atoms with E-state index in [9.17, 15) is 14.4 Å². The molecule has 3 aromatic carbocycles. The molecule has 0 radical (unpaired) electrons. The van der Waals surface area contributed by atoms with Crippen molar-refractivity contribution in [3.8, 4) is 0 Å². The Balaban J connectivity index is 1.75. The average Bonchev–Trinajstić information content (AvgIpc) is 2.72. The number of primary amides is 1. The van der Waals surface area contributed by atoms with Crippen LogP contribution in [0.5, 0.6) is 0 Å². The molecule has 0 spiro atoms. The number of rotatable bonds is 6. The highest BCUT2D eigenvalue weighted by molar-refractivity contribution is 6.09. The molecular formula is C22H18N2O3. The molecule has 3 aromatic rings. The summed E-state index contributed by atoms with van der Waals surface area (Å²) in [4.78, 5) is 36.6. The first-order valence-corrected chi connectivity index (χ1v) is 8.41. The van der Waals surface area contributed by atoms with E-state index in [4.69, 9.17) is 5.73 Å². The fourth-order valence-corrected chi connectivity index (χ4v) is 2.71. The van der Waals surface area contributed by atoms with Gasteiger partial charge in [0.1, 0.15) is 6.04 Å². The molecule has 0 aromatic heterocycles. The van der Waals surface area contributed by atoms with Gasteiger partial charge in [0.05, 0.1) is 0 Å². The van der Waals surface area contributed by atoms with Crippen molar-refractivity contribution in [2.24, 2.45) is 5.73 Å². The first-order valence-electron chi connectivity index (χ1n) is 8.41. The van der Waals surface area contributed by atoms with Crippen LogP contribution in [0, 0.1) is 0 Å². The van der Waals surface area contributed by atoms with Crippen molar-refractivity contribution in [2.75, 3.05) is 0 Å². The summed E-state index contributed by atoms with van der Waals surface area (Å²) in [6.07, 6.45) is 0. The highest BCUT2D eigenvalue weighted by Gasteiger charge is 2.21. The van der Waals surface area contributed by atoms with Crippen molar-refractivity contribution in [1.82, 2.24) is 5.32 Å². The lowest BCUT2D eigenvalue weighted by Crippen LogP contribution is -2.37. The minimum atomic E-state index is -0.927. The second-order valence-corrected chi connectivity index (χ2v) is 5.99. The Hall–Kier alpha value is -3.73. The van der Waals surface area contributed by atoms with Crippen molar-refractivity contribution in [3.05, 3.63) is 107 Å². The molecule has 0 unspecified atom stereocenters. The number of carbonyl (C=O) groups excluding carboxylic acids is 3. The van der Waals surface area contributed by atoms with Crippen molar-refractivity contribution < 1.29 is 14.4 Å². The standard InChI is InChI=1S/C22H18N2O3/c23-21(26)19(15-7-3-1-4-8-15)24-22(27)18-13-11-17(12-14-18)20(25)16-9-5-2-6-10-16/h1-14,19H,(H2,23,26)(H,24,27)/t19-/m1/s1. The van der Waals surface area contributed by atoms with Gasteiger partial charge in [-0.15, -0.1) is 0 Å². The summed E-state index contributed by atoms with van der Waals surface area (Å²) in [5.74, 6) is -1.21. The van der Waals surface area contributed by atoms with Crippen molar-refractivity contribution in [2.45, 2.75) is 6.04 Å². The van der Waals surface area contributed by atoms with E-state index in [1.165, 1.54) is 0 Å². The topological polar surface area (TPSA) is 89.3 Å². The largest absolute Gasteiger partial charge is 0.368 e. The van der Waals surface area contributed by atoms with Crippen LogP contribution in [0.2, 0.25) is 0 Å². The van der Waals surface area contributed by atoms with Gasteiger partial charge in [-0.25, -0.2) is 0 Å².